The van der Waals surface area contributed by atoms with Gasteiger partial charge in [0.2, 0.25) is 0 Å². The highest BCUT2D eigenvalue weighted by molar-refractivity contribution is 9.10. The molecule has 0 amide bonds. The van der Waals surface area contributed by atoms with Crippen molar-refractivity contribution < 1.29 is 5.11 Å². The highest BCUT2D eigenvalue weighted by Crippen LogP contribution is 2.18. The number of nitrogens with zero attached hydrogens (tertiary/aromatic N) is 2. The number of aliphatic hydroxyl groups excluding tert-OH is 1. The van der Waals surface area contributed by atoms with Crippen molar-refractivity contribution in [1.82, 2.24) is 9.78 Å². The maximum Gasteiger partial charge on any atom is 0.0715 e. The Hall–Kier alpha value is -1.13. The van der Waals surface area contributed by atoms with Gasteiger partial charge in [-0.15, -0.1) is 0 Å². The summed E-state index contributed by atoms with van der Waals surface area (Å²) in [6, 6.07) is 8.07. The van der Waals surface area contributed by atoms with Crippen molar-refractivity contribution in [3.05, 3.63) is 51.8 Å². The van der Waals surface area contributed by atoms with Gasteiger partial charge in [0.1, 0.15) is 0 Å². The molecule has 1 heterocycles. The van der Waals surface area contributed by atoms with Crippen LogP contribution in [0.3, 0.4) is 0 Å². The monoisotopic (exact) mass is 280 g/mol. The molecule has 84 valence electrons. The second kappa shape index (κ2) is 4.80. The van der Waals surface area contributed by atoms with Crippen molar-refractivity contribution >= 4 is 15.9 Å². The van der Waals surface area contributed by atoms with Crippen LogP contribution in [-0.4, -0.2) is 14.9 Å². The summed E-state index contributed by atoms with van der Waals surface area (Å²) in [6.45, 7) is 2.73. The average molecular weight is 281 g/mol. The summed E-state index contributed by atoms with van der Waals surface area (Å²) in [5.41, 5.74) is 3.07. The van der Waals surface area contributed by atoms with E-state index in [1.165, 1.54) is 5.56 Å². The van der Waals surface area contributed by atoms with Crippen molar-refractivity contribution in [3.63, 3.8) is 0 Å². The van der Waals surface area contributed by atoms with Crippen LogP contribution in [0.15, 0.2) is 34.9 Å². The fraction of sp³-hybridized carbons (Fsp3) is 0.250. The summed E-state index contributed by atoms with van der Waals surface area (Å²) in [5.74, 6) is 0. The lowest BCUT2D eigenvalue weighted by Gasteiger charge is -2.07. The zero-order valence-corrected chi connectivity index (χ0v) is 10.6. The van der Waals surface area contributed by atoms with Gasteiger partial charge in [-0.3, -0.25) is 4.68 Å². The lowest BCUT2D eigenvalue weighted by Crippen LogP contribution is -2.04. The van der Waals surface area contributed by atoms with Gasteiger partial charge < -0.3 is 5.11 Å². The van der Waals surface area contributed by atoms with E-state index in [4.69, 9.17) is 5.11 Å². The highest BCUT2D eigenvalue weighted by atomic mass is 79.9. The first-order valence-corrected chi connectivity index (χ1v) is 5.87. The Morgan fingerprint density at radius 2 is 2.06 bits per heavy atom. The molecule has 1 aromatic heterocycles. The standard InChI is InChI=1S/C12H13BrN2O/c1-9-11(8-16)6-14-15(9)7-10-4-2-3-5-12(10)13/h2-6,16H,7-8H2,1H3. The molecule has 2 rings (SSSR count). The Morgan fingerprint density at radius 1 is 1.31 bits per heavy atom. The van der Waals surface area contributed by atoms with Crippen LogP contribution in [0.25, 0.3) is 0 Å². The quantitative estimate of drug-likeness (QED) is 0.938. The molecule has 0 aliphatic rings. The first-order valence-electron chi connectivity index (χ1n) is 5.08. The minimum Gasteiger partial charge on any atom is -0.392 e. The van der Waals surface area contributed by atoms with Crippen LogP contribution in [0.5, 0.6) is 0 Å². The summed E-state index contributed by atoms with van der Waals surface area (Å²) >= 11 is 3.51. The Morgan fingerprint density at radius 3 is 2.69 bits per heavy atom. The zero-order valence-electron chi connectivity index (χ0n) is 9.02. The predicted octanol–water partition coefficient (Wildman–Crippen LogP) is 2.49. The molecule has 4 heteroatoms. The molecule has 0 unspecified atom stereocenters. The topological polar surface area (TPSA) is 38.1 Å². The molecule has 0 spiro atoms. The number of aliphatic hydroxyl groups is 1. The number of aromatic nitrogens is 2. The van der Waals surface area contributed by atoms with E-state index in [0.717, 1.165) is 15.7 Å². The van der Waals surface area contributed by atoms with Gasteiger partial charge in [0.15, 0.2) is 0 Å². The number of halogens is 1. The molecule has 0 aliphatic carbocycles. The molecule has 1 N–H and O–H groups in total. The number of hydrogen-bond donors (Lipinski definition) is 1. The van der Waals surface area contributed by atoms with Gasteiger partial charge in [0.05, 0.1) is 19.3 Å². The second-order valence-electron chi connectivity index (χ2n) is 3.66. The largest absolute Gasteiger partial charge is 0.392 e. The van der Waals surface area contributed by atoms with Crippen molar-refractivity contribution in [2.24, 2.45) is 0 Å². The third-order valence-corrected chi connectivity index (χ3v) is 3.43. The number of rotatable bonds is 3. The Bertz CT molecular complexity index is 494. The van der Waals surface area contributed by atoms with Crippen LogP contribution in [0, 0.1) is 6.92 Å². The molecule has 16 heavy (non-hydrogen) atoms. The predicted molar refractivity (Wildman–Crippen MR) is 66.1 cm³/mol. The highest BCUT2D eigenvalue weighted by Gasteiger charge is 2.06. The molecule has 0 aliphatic heterocycles. The summed E-state index contributed by atoms with van der Waals surface area (Å²) in [5, 5.41) is 13.3. The molecule has 0 fully saturated rings. The van der Waals surface area contributed by atoms with Crippen LogP contribution < -0.4 is 0 Å². The molecule has 0 saturated carbocycles. The van der Waals surface area contributed by atoms with Gasteiger partial charge in [-0.25, -0.2) is 0 Å². The van der Waals surface area contributed by atoms with E-state index in [9.17, 15) is 0 Å². The maximum absolute atomic E-state index is 9.09. The van der Waals surface area contributed by atoms with E-state index in [-0.39, 0.29) is 6.61 Å². The Kier molecular flexibility index (Phi) is 3.41. The van der Waals surface area contributed by atoms with Crippen LogP contribution in [0.1, 0.15) is 16.8 Å². The summed E-state index contributed by atoms with van der Waals surface area (Å²) in [6.07, 6.45) is 1.71. The molecule has 1 aromatic carbocycles. The molecule has 3 nitrogen and oxygen atoms in total. The molecule has 0 bridgehead atoms. The van der Waals surface area contributed by atoms with E-state index in [1.807, 2.05) is 29.8 Å². The molecule has 2 aromatic rings. The SMILES string of the molecule is Cc1c(CO)cnn1Cc1ccccc1Br. The summed E-state index contributed by atoms with van der Waals surface area (Å²) in [4.78, 5) is 0. The van der Waals surface area contributed by atoms with Crippen molar-refractivity contribution in [2.75, 3.05) is 0 Å². The van der Waals surface area contributed by atoms with Gasteiger partial charge in [-0.1, -0.05) is 34.1 Å². The smallest absolute Gasteiger partial charge is 0.0715 e. The average Bonchev–Trinajstić information content (AvgIpc) is 2.63. The molecule has 0 atom stereocenters. The van der Waals surface area contributed by atoms with Gasteiger partial charge in [0.25, 0.3) is 0 Å². The van der Waals surface area contributed by atoms with Crippen molar-refractivity contribution in [2.45, 2.75) is 20.1 Å². The molecule has 0 saturated heterocycles. The van der Waals surface area contributed by atoms with E-state index in [2.05, 4.69) is 27.1 Å². The van der Waals surface area contributed by atoms with Gasteiger partial charge in [-0.05, 0) is 18.6 Å². The lowest BCUT2D eigenvalue weighted by atomic mass is 10.2. The van der Waals surface area contributed by atoms with Crippen molar-refractivity contribution in [3.8, 4) is 0 Å². The molecule has 0 radical (unpaired) electrons. The first kappa shape index (κ1) is 11.4. The lowest BCUT2D eigenvalue weighted by molar-refractivity contribution is 0.281. The number of benzene rings is 1. The fourth-order valence-corrected chi connectivity index (χ4v) is 2.00. The Balaban J connectivity index is 2.27. The van der Waals surface area contributed by atoms with E-state index in [1.54, 1.807) is 6.20 Å². The maximum atomic E-state index is 9.09. The summed E-state index contributed by atoms with van der Waals surface area (Å²) < 4.78 is 2.97. The minimum absolute atomic E-state index is 0.0434. The summed E-state index contributed by atoms with van der Waals surface area (Å²) in [7, 11) is 0. The van der Waals surface area contributed by atoms with Gasteiger partial charge in [-0.2, -0.15) is 5.10 Å². The number of hydrogen-bond acceptors (Lipinski definition) is 2. The van der Waals surface area contributed by atoms with E-state index < -0.39 is 0 Å². The van der Waals surface area contributed by atoms with Crippen molar-refractivity contribution in [1.29, 1.82) is 0 Å². The zero-order chi connectivity index (χ0) is 11.5. The second-order valence-corrected chi connectivity index (χ2v) is 4.52. The molecular weight excluding hydrogens is 268 g/mol. The third kappa shape index (κ3) is 2.18. The third-order valence-electron chi connectivity index (χ3n) is 2.65. The fourth-order valence-electron chi connectivity index (χ4n) is 1.59. The van der Waals surface area contributed by atoms with Crippen LogP contribution in [0.2, 0.25) is 0 Å². The van der Waals surface area contributed by atoms with E-state index in [0.29, 0.717) is 6.54 Å². The van der Waals surface area contributed by atoms with Gasteiger partial charge >= 0.3 is 0 Å². The first-order chi connectivity index (χ1) is 7.72. The normalized spacial score (nSPS) is 10.7. The van der Waals surface area contributed by atoms with E-state index >= 15 is 0 Å². The van der Waals surface area contributed by atoms with Crippen LogP contribution in [0.4, 0.5) is 0 Å². The Labute approximate surface area is 103 Å². The van der Waals surface area contributed by atoms with Gasteiger partial charge in [0, 0.05) is 15.7 Å². The molecular formula is C12H13BrN2O. The van der Waals surface area contributed by atoms with Crippen LogP contribution in [-0.2, 0) is 13.2 Å². The van der Waals surface area contributed by atoms with Crippen LogP contribution >= 0.6 is 15.9 Å². The minimum atomic E-state index is 0.0434.